The van der Waals surface area contributed by atoms with E-state index >= 15 is 0 Å². The predicted molar refractivity (Wildman–Crippen MR) is 76.2 cm³/mol. The van der Waals surface area contributed by atoms with Crippen LogP contribution < -0.4 is 10.6 Å². The van der Waals surface area contributed by atoms with E-state index in [2.05, 4.69) is 16.7 Å². The molecule has 0 saturated heterocycles. The maximum Gasteiger partial charge on any atom is 0.251 e. The molecule has 1 aromatic heterocycles. The number of nitriles is 1. The molecule has 0 unspecified atom stereocenters. The fourth-order valence-electron chi connectivity index (χ4n) is 1.61. The van der Waals surface area contributed by atoms with Crippen LogP contribution in [0.3, 0.4) is 0 Å². The fourth-order valence-corrected chi connectivity index (χ4v) is 2.35. The van der Waals surface area contributed by atoms with Crippen LogP contribution in [-0.2, 0) is 6.54 Å². The van der Waals surface area contributed by atoms with Crippen molar-refractivity contribution >= 4 is 22.9 Å². The Labute approximate surface area is 115 Å². The van der Waals surface area contributed by atoms with Crippen LogP contribution in [-0.4, -0.2) is 13.0 Å². The summed E-state index contributed by atoms with van der Waals surface area (Å²) in [7, 11) is 1.61. The number of hydrogen-bond acceptors (Lipinski definition) is 4. The first-order chi connectivity index (χ1) is 9.22. The van der Waals surface area contributed by atoms with Crippen molar-refractivity contribution in [2.24, 2.45) is 0 Å². The van der Waals surface area contributed by atoms with E-state index in [0.29, 0.717) is 17.0 Å². The first-order valence-electron chi connectivity index (χ1n) is 5.78. The lowest BCUT2D eigenvalue weighted by atomic mass is 10.2. The summed E-state index contributed by atoms with van der Waals surface area (Å²) in [5, 5.41) is 14.6. The first-order valence-corrected chi connectivity index (χ1v) is 6.59. The van der Waals surface area contributed by atoms with Gasteiger partial charge in [-0.3, -0.25) is 4.79 Å². The Bertz CT molecular complexity index is 610. The van der Waals surface area contributed by atoms with E-state index in [0.717, 1.165) is 10.6 Å². The summed E-state index contributed by atoms with van der Waals surface area (Å²) in [5.41, 5.74) is 1.58. The Morgan fingerprint density at radius 2 is 2.00 bits per heavy atom. The van der Waals surface area contributed by atoms with Crippen molar-refractivity contribution in [3.05, 3.63) is 51.7 Å². The third-order valence-corrected chi connectivity index (χ3v) is 3.60. The minimum Gasteiger partial charge on any atom is -0.380 e. The maximum absolute atomic E-state index is 11.4. The van der Waals surface area contributed by atoms with Crippen LogP contribution >= 0.6 is 11.3 Å². The number of thiophene rings is 1. The van der Waals surface area contributed by atoms with E-state index in [1.54, 1.807) is 19.2 Å². The highest BCUT2D eigenvalue weighted by Crippen LogP contribution is 2.17. The zero-order valence-corrected chi connectivity index (χ0v) is 11.3. The molecule has 2 rings (SSSR count). The molecule has 19 heavy (non-hydrogen) atoms. The molecule has 4 nitrogen and oxygen atoms in total. The normalized spacial score (nSPS) is 9.68. The lowest BCUT2D eigenvalue weighted by Crippen LogP contribution is -2.17. The molecule has 0 radical (unpaired) electrons. The number of benzene rings is 1. The third kappa shape index (κ3) is 3.33. The number of hydrogen-bond donors (Lipinski definition) is 2. The molecule has 1 heterocycles. The van der Waals surface area contributed by atoms with Crippen LogP contribution in [0.15, 0.2) is 36.4 Å². The van der Waals surface area contributed by atoms with E-state index in [4.69, 9.17) is 5.26 Å². The quantitative estimate of drug-likeness (QED) is 0.898. The Balaban J connectivity index is 1.96. The molecule has 0 aliphatic carbocycles. The molecule has 0 aliphatic rings. The number of carbonyl (C=O) groups is 1. The average molecular weight is 271 g/mol. The van der Waals surface area contributed by atoms with Gasteiger partial charge in [-0.25, -0.2) is 0 Å². The predicted octanol–water partition coefficient (Wildman–Crippen LogP) is 2.59. The van der Waals surface area contributed by atoms with Crippen molar-refractivity contribution in [3.63, 3.8) is 0 Å². The van der Waals surface area contributed by atoms with Gasteiger partial charge in [-0.1, -0.05) is 0 Å². The molecule has 0 aliphatic heterocycles. The molecule has 0 saturated carbocycles. The molecule has 2 aromatic rings. The summed E-state index contributed by atoms with van der Waals surface area (Å²) in [5.74, 6) is -0.0940. The van der Waals surface area contributed by atoms with Crippen molar-refractivity contribution in [2.75, 3.05) is 12.4 Å². The summed E-state index contributed by atoms with van der Waals surface area (Å²) in [6.07, 6.45) is 0. The van der Waals surface area contributed by atoms with E-state index in [1.807, 2.05) is 24.3 Å². The molecule has 1 amide bonds. The molecule has 0 spiro atoms. The molecular formula is C14H13N3OS. The highest BCUT2D eigenvalue weighted by molar-refractivity contribution is 7.12. The largest absolute Gasteiger partial charge is 0.380 e. The highest BCUT2D eigenvalue weighted by atomic mass is 32.1. The summed E-state index contributed by atoms with van der Waals surface area (Å²) in [6, 6.07) is 13.2. The van der Waals surface area contributed by atoms with Crippen LogP contribution in [0.5, 0.6) is 0 Å². The van der Waals surface area contributed by atoms with Crippen LogP contribution in [0.1, 0.15) is 20.1 Å². The number of rotatable bonds is 4. The van der Waals surface area contributed by atoms with Gasteiger partial charge >= 0.3 is 0 Å². The van der Waals surface area contributed by atoms with Gasteiger partial charge in [-0.05, 0) is 36.4 Å². The van der Waals surface area contributed by atoms with Crippen LogP contribution in [0.2, 0.25) is 0 Å². The number of amides is 1. The average Bonchev–Trinajstić information content (AvgIpc) is 2.93. The summed E-state index contributed by atoms with van der Waals surface area (Å²) >= 11 is 1.48. The zero-order chi connectivity index (χ0) is 13.7. The van der Waals surface area contributed by atoms with Crippen molar-refractivity contribution in [1.82, 2.24) is 5.32 Å². The van der Waals surface area contributed by atoms with Gasteiger partial charge in [0.15, 0.2) is 0 Å². The maximum atomic E-state index is 11.4. The first kappa shape index (κ1) is 13.1. The minimum absolute atomic E-state index is 0.0940. The van der Waals surface area contributed by atoms with Gasteiger partial charge in [0.25, 0.3) is 5.91 Å². The van der Waals surface area contributed by atoms with E-state index in [9.17, 15) is 4.79 Å². The van der Waals surface area contributed by atoms with Crippen LogP contribution in [0, 0.1) is 11.3 Å². The molecule has 0 bridgehead atoms. The molecule has 1 aromatic carbocycles. The fraction of sp³-hybridized carbons (Fsp3) is 0.143. The Morgan fingerprint density at radius 1 is 1.26 bits per heavy atom. The second-order valence-electron chi connectivity index (χ2n) is 3.89. The van der Waals surface area contributed by atoms with Gasteiger partial charge in [0.1, 0.15) is 10.9 Å². The van der Waals surface area contributed by atoms with Crippen molar-refractivity contribution in [2.45, 2.75) is 6.54 Å². The standard InChI is InChI=1S/C14H13N3OS/c1-16-14(18)10-2-4-11(5-3-10)17-9-13-7-6-12(8-15)19-13/h2-7,17H,9H2,1H3,(H,16,18). The van der Waals surface area contributed by atoms with Crippen LogP contribution in [0.25, 0.3) is 0 Å². The van der Waals surface area contributed by atoms with Crippen molar-refractivity contribution in [3.8, 4) is 6.07 Å². The van der Waals surface area contributed by atoms with Crippen LogP contribution in [0.4, 0.5) is 5.69 Å². The summed E-state index contributed by atoms with van der Waals surface area (Å²) in [6.45, 7) is 0.672. The second kappa shape index (κ2) is 6.03. The molecule has 96 valence electrons. The Kier molecular flexibility index (Phi) is 4.16. The van der Waals surface area contributed by atoms with Gasteiger partial charge in [0.2, 0.25) is 0 Å². The molecule has 5 heteroatoms. The molecule has 0 atom stereocenters. The van der Waals surface area contributed by atoms with Gasteiger partial charge in [0.05, 0.1) is 0 Å². The molecule has 2 N–H and O–H groups in total. The lowest BCUT2D eigenvalue weighted by molar-refractivity contribution is 0.0963. The van der Waals surface area contributed by atoms with E-state index in [-0.39, 0.29) is 5.91 Å². The smallest absolute Gasteiger partial charge is 0.251 e. The topological polar surface area (TPSA) is 64.9 Å². The summed E-state index contributed by atoms with van der Waals surface area (Å²) in [4.78, 5) is 13.2. The van der Waals surface area contributed by atoms with Gasteiger partial charge in [-0.2, -0.15) is 5.26 Å². The van der Waals surface area contributed by atoms with Gasteiger partial charge in [0, 0.05) is 29.7 Å². The number of carbonyl (C=O) groups excluding carboxylic acids is 1. The Hall–Kier alpha value is -2.32. The van der Waals surface area contributed by atoms with Gasteiger partial charge in [-0.15, -0.1) is 11.3 Å². The third-order valence-electron chi connectivity index (χ3n) is 2.61. The van der Waals surface area contributed by atoms with E-state index < -0.39 is 0 Å². The van der Waals surface area contributed by atoms with Gasteiger partial charge < -0.3 is 10.6 Å². The number of nitrogens with one attached hydrogen (secondary N) is 2. The monoisotopic (exact) mass is 271 g/mol. The SMILES string of the molecule is CNC(=O)c1ccc(NCc2ccc(C#N)s2)cc1. The highest BCUT2D eigenvalue weighted by Gasteiger charge is 2.03. The second-order valence-corrected chi connectivity index (χ2v) is 5.06. The molecule has 0 fully saturated rings. The summed E-state index contributed by atoms with van der Waals surface area (Å²) < 4.78 is 0. The molecular weight excluding hydrogens is 258 g/mol. The minimum atomic E-state index is -0.0940. The van der Waals surface area contributed by atoms with Crippen molar-refractivity contribution < 1.29 is 4.79 Å². The number of anilines is 1. The number of nitrogens with zero attached hydrogens (tertiary/aromatic N) is 1. The van der Waals surface area contributed by atoms with Crippen molar-refractivity contribution in [1.29, 1.82) is 5.26 Å². The zero-order valence-electron chi connectivity index (χ0n) is 10.4. The van der Waals surface area contributed by atoms with E-state index in [1.165, 1.54) is 11.3 Å². The lowest BCUT2D eigenvalue weighted by Gasteiger charge is -2.05. The Morgan fingerprint density at radius 3 is 2.58 bits per heavy atom.